The van der Waals surface area contributed by atoms with E-state index in [1.54, 1.807) is 62.6 Å². The van der Waals surface area contributed by atoms with Gasteiger partial charge < -0.3 is 30.2 Å². The third-order valence-corrected chi connectivity index (χ3v) is 7.76. The van der Waals surface area contributed by atoms with Crippen LogP contribution in [0.25, 0.3) is 0 Å². The molecule has 2 aliphatic heterocycles. The Hall–Kier alpha value is -4.82. The number of nitrogens with one attached hydrogen (secondary N) is 1. The van der Waals surface area contributed by atoms with Crippen LogP contribution >= 0.6 is 11.3 Å². The lowest BCUT2D eigenvalue weighted by Crippen LogP contribution is -2.47. The average Bonchev–Trinajstić information content (AvgIpc) is 3.37. The monoisotopic (exact) mass is 530 g/mol. The van der Waals surface area contributed by atoms with Gasteiger partial charge >= 0.3 is 5.97 Å². The van der Waals surface area contributed by atoms with Gasteiger partial charge in [0.1, 0.15) is 29.5 Å². The SMILES string of the molecule is COC(=O)c1c(C)sc2c1OC(N)=C(C#N)[C@]21C(=O)N(CC(=O)Nc2ccc(OC)cc2)c2ccccc21. The number of esters is 1. The molecule has 2 amide bonds. The molecular weight excluding hydrogens is 508 g/mol. The molecule has 0 unspecified atom stereocenters. The lowest BCUT2D eigenvalue weighted by molar-refractivity contribution is -0.123. The fraction of sp³-hybridized carbons (Fsp3) is 0.185. The van der Waals surface area contributed by atoms with Gasteiger partial charge in [-0.1, -0.05) is 18.2 Å². The number of aryl methyl sites for hydroxylation is 1. The number of para-hydroxylation sites is 1. The van der Waals surface area contributed by atoms with E-state index in [0.717, 1.165) is 11.3 Å². The Labute approximate surface area is 221 Å². The first-order valence-electron chi connectivity index (χ1n) is 11.4. The van der Waals surface area contributed by atoms with Crippen molar-refractivity contribution in [2.45, 2.75) is 12.3 Å². The minimum atomic E-state index is -1.69. The van der Waals surface area contributed by atoms with Crippen LogP contribution in [0, 0.1) is 18.3 Å². The lowest BCUT2D eigenvalue weighted by Gasteiger charge is -2.32. The molecule has 1 aromatic heterocycles. The van der Waals surface area contributed by atoms with Gasteiger partial charge in [-0.05, 0) is 37.3 Å². The van der Waals surface area contributed by atoms with E-state index in [1.165, 1.54) is 12.0 Å². The third kappa shape index (κ3) is 3.49. The molecule has 10 nitrogen and oxygen atoms in total. The topological polar surface area (TPSA) is 144 Å². The summed E-state index contributed by atoms with van der Waals surface area (Å²) in [5, 5.41) is 13.0. The summed E-state index contributed by atoms with van der Waals surface area (Å²) in [5.74, 6) is -1.24. The molecular formula is C27H22N4O6S. The van der Waals surface area contributed by atoms with Crippen LogP contribution in [0.1, 0.15) is 25.7 Å². The van der Waals surface area contributed by atoms with E-state index >= 15 is 0 Å². The molecule has 0 fully saturated rings. The van der Waals surface area contributed by atoms with Gasteiger partial charge in [-0.2, -0.15) is 5.26 Å². The molecule has 11 heteroatoms. The summed E-state index contributed by atoms with van der Waals surface area (Å²) in [6, 6.07) is 15.7. The highest BCUT2D eigenvalue weighted by molar-refractivity contribution is 7.13. The largest absolute Gasteiger partial charge is 0.497 e. The van der Waals surface area contributed by atoms with Crippen molar-refractivity contribution >= 4 is 40.5 Å². The summed E-state index contributed by atoms with van der Waals surface area (Å²) in [5.41, 5.74) is 5.96. The standard InChI is InChI=1S/C27H22N4O6S/c1-14-21(25(33)36-3)22-23(38-14)27(18(12-28)24(29)37-22)17-6-4-5-7-19(17)31(26(27)34)13-20(32)30-15-8-10-16(35-2)11-9-15/h4-11H,13,29H2,1-3H3,(H,30,32)/t27-/m0/s1. The van der Waals surface area contributed by atoms with Crippen molar-refractivity contribution in [3.05, 3.63) is 80.9 Å². The molecule has 38 heavy (non-hydrogen) atoms. The van der Waals surface area contributed by atoms with E-state index in [-0.39, 0.29) is 29.3 Å². The predicted octanol–water partition coefficient (Wildman–Crippen LogP) is 3.21. The Balaban J connectivity index is 1.62. The number of amides is 2. The second-order valence-electron chi connectivity index (χ2n) is 8.57. The first-order valence-corrected chi connectivity index (χ1v) is 12.2. The predicted molar refractivity (Wildman–Crippen MR) is 139 cm³/mol. The Morgan fingerprint density at radius 1 is 1.18 bits per heavy atom. The molecule has 0 bridgehead atoms. The number of rotatable bonds is 5. The van der Waals surface area contributed by atoms with Crippen LogP contribution in [0.2, 0.25) is 0 Å². The third-order valence-electron chi connectivity index (χ3n) is 6.56. The first kappa shape index (κ1) is 24.9. The zero-order valence-electron chi connectivity index (χ0n) is 20.7. The highest BCUT2D eigenvalue weighted by atomic mass is 32.1. The molecule has 3 aromatic rings. The molecule has 3 heterocycles. The Kier molecular flexibility index (Phi) is 6.05. The van der Waals surface area contributed by atoms with Gasteiger partial charge in [0.15, 0.2) is 11.2 Å². The highest BCUT2D eigenvalue weighted by Gasteiger charge is 2.61. The first-order chi connectivity index (χ1) is 18.3. The summed E-state index contributed by atoms with van der Waals surface area (Å²) in [6.07, 6.45) is 0. The normalized spacial score (nSPS) is 17.4. The van der Waals surface area contributed by atoms with Crippen molar-refractivity contribution in [1.29, 1.82) is 5.26 Å². The van der Waals surface area contributed by atoms with Crippen LogP contribution in [0.15, 0.2) is 60.0 Å². The summed E-state index contributed by atoms with van der Waals surface area (Å²) in [7, 11) is 2.78. The van der Waals surface area contributed by atoms with Crippen LogP contribution in [0.5, 0.6) is 11.5 Å². The molecule has 1 atom stereocenters. The minimum absolute atomic E-state index is 0.0727. The Morgan fingerprint density at radius 2 is 1.89 bits per heavy atom. The fourth-order valence-electron chi connectivity index (χ4n) is 4.89. The number of anilines is 2. The summed E-state index contributed by atoms with van der Waals surface area (Å²) >= 11 is 1.15. The van der Waals surface area contributed by atoms with Gasteiger partial charge in [0.05, 0.1) is 19.1 Å². The maximum absolute atomic E-state index is 14.4. The zero-order valence-corrected chi connectivity index (χ0v) is 21.5. The van der Waals surface area contributed by atoms with Crippen molar-refractivity contribution in [3.63, 3.8) is 0 Å². The molecule has 2 aliphatic rings. The van der Waals surface area contributed by atoms with E-state index in [4.69, 9.17) is 19.9 Å². The number of fused-ring (bicyclic) bond motifs is 4. The summed E-state index contributed by atoms with van der Waals surface area (Å²) in [6.45, 7) is 1.37. The number of hydrogen-bond donors (Lipinski definition) is 2. The van der Waals surface area contributed by atoms with Gasteiger partial charge in [0, 0.05) is 21.8 Å². The molecule has 192 valence electrons. The van der Waals surface area contributed by atoms with E-state index in [9.17, 15) is 19.6 Å². The minimum Gasteiger partial charge on any atom is -0.497 e. The van der Waals surface area contributed by atoms with E-state index in [2.05, 4.69) is 11.4 Å². The number of hydrogen-bond acceptors (Lipinski definition) is 9. The number of ether oxygens (including phenoxy) is 3. The van der Waals surface area contributed by atoms with Crippen molar-refractivity contribution < 1.29 is 28.6 Å². The van der Waals surface area contributed by atoms with Crippen molar-refractivity contribution in [3.8, 4) is 17.6 Å². The van der Waals surface area contributed by atoms with E-state index in [1.807, 2.05) is 0 Å². The zero-order chi connectivity index (χ0) is 27.2. The molecule has 1 spiro atoms. The second-order valence-corrected chi connectivity index (χ2v) is 9.80. The molecule has 0 saturated heterocycles. The quantitative estimate of drug-likeness (QED) is 0.479. The summed E-state index contributed by atoms with van der Waals surface area (Å²) in [4.78, 5) is 42.2. The van der Waals surface area contributed by atoms with Crippen molar-refractivity contribution in [2.24, 2.45) is 5.73 Å². The molecule has 0 radical (unpaired) electrons. The number of nitriles is 1. The molecule has 3 N–H and O–H groups in total. The van der Waals surface area contributed by atoms with Crippen LogP contribution in [0.3, 0.4) is 0 Å². The molecule has 0 saturated carbocycles. The van der Waals surface area contributed by atoms with Gasteiger partial charge in [-0.25, -0.2) is 4.79 Å². The lowest BCUT2D eigenvalue weighted by atomic mass is 9.72. The van der Waals surface area contributed by atoms with Crippen LogP contribution in [-0.4, -0.2) is 38.5 Å². The maximum atomic E-state index is 14.4. The molecule has 2 aromatic carbocycles. The van der Waals surface area contributed by atoms with Gasteiger partial charge in [0.25, 0.3) is 0 Å². The number of nitrogens with two attached hydrogens (primary N) is 1. The van der Waals surface area contributed by atoms with Gasteiger partial charge in [-0.3, -0.25) is 9.59 Å². The number of benzene rings is 2. The number of carbonyl (C=O) groups is 3. The van der Waals surface area contributed by atoms with Crippen LogP contribution in [0.4, 0.5) is 11.4 Å². The molecule has 0 aliphatic carbocycles. The van der Waals surface area contributed by atoms with Gasteiger partial charge in [0.2, 0.25) is 17.7 Å². The van der Waals surface area contributed by atoms with E-state index in [0.29, 0.717) is 32.4 Å². The maximum Gasteiger partial charge on any atom is 0.342 e. The van der Waals surface area contributed by atoms with Crippen LogP contribution in [-0.2, 0) is 19.7 Å². The Bertz CT molecular complexity index is 1570. The summed E-state index contributed by atoms with van der Waals surface area (Å²) < 4.78 is 15.8. The van der Waals surface area contributed by atoms with Gasteiger partial charge in [-0.15, -0.1) is 11.3 Å². The molecule has 5 rings (SSSR count). The van der Waals surface area contributed by atoms with Crippen LogP contribution < -0.4 is 25.4 Å². The van der Waals surface area contributed by atoms with Crippen molar-refractivity contribution in [1.82, 2.24) is 0 Å². The van der Waals surface area contributed by atoms with Crippen molar-refractivity contribution in [2.75, 3.05) is 31.0 Å². The Morgan fingerprint density at radius 3 is 2.55 bits per heavy atom. The number of methoxy groups -OCH3 is 2. The smallest absolute Gasteiger partial charge is 0.342 e. The average molecular weight is 531 g/mol. The number of nitrogens with zero attached hydrogens (tertiary/aromatic N) is 2. The fourth-order valence-corrected chi connectivity index (χ4v) is 6.17. The number of thiophene rings is 1. The number of carbonyl (C=O) groups excluding carboxylic acids is 3. The van der Waals surface area contributed by atoms with E-state index < -0.39 is 23.2 Å². The second kappa shape index (κ2) is 9.24. The highest BCUT2D eigenvalue weighted by Crippen LogP contribution is 2.58.